The lowest BCUT2D eigenvalue weighted by Gasteiger charge is -2.19. The van der Waals surface area contributed by atoms with Crippen LogP contribution < -0.4 is 10.9 Å². The van der Waals surface area contributed by atoms with Crippen molar-refractivity contribution < 1.29 is 9.53 Å². The maximum Gasteiger partial charge on any atom is 0.412 e. The summed E-state index contributed by atoms with van der Waals surface area (Å²) in [6.07, 6.45) is 0.968. The summed E-state index contributed by atoms with van der Waals surface area (Å²) in [5, 5.41) is 2.42. The van der Waals surface area contributed by atoms with Gasteiger partial charge >= 0.3 is 6.09 Å². The molecule has 0 bridgehead atoms. The van der Waals surface area contributed by atoms with Crippen LogP contribution in [0, 0.1) is 0 Å². The number of hydrogen-bond donors (Lipinski definition) is 1. The Morgan fingerprint density at radius 2 is 2.00 bits per heavy atom. The van der Waals surface area contributed by atoms with Crippen molar-refractivity contribution in [2.24, 2.45) is 7.05 Å². The average molecular weight is 319 g/mol. The molecule has 0 aliphatic rings. The predicted octanol–water partition coefficient (Wildman–Crippen LogP) is 3.13. The Morgan fingerprint density at radius 3 is 2.50 bits per heavy atom. The van der Waals surface area contributed by atoms with Gasteiger partial charge in [-0.1, -0.05) is 7.43 Å². The highest BCUT2D eigenvalue weighted by Gasteiger charge is 2.17. The first kappa shape index (κ1) is 16.7. The number of aromatic nitrogens is 1. The van der Waals surface area contributed by atoms with E-state index in [0.29, 0.717) is 4.47 Å². The molecule has 0 radical (unpaired) electrons. The zero-order valence-corrected chi connectivity index (χ0v) is 11.8. The second kappa shape index (κ2) is 6.04. The topological polar surface area (TPSA) is 60.3 Å². The van der Waals surface area contributed by atoms with Crippen LogP contribution in [0.5, 0.6) is 0 Å². The molecule has 6 heteroatoms. The quantitative estimate of drug-likeness (QED) is 0.865. The summed E-state index contributed by atoms with van der Waals surface area (Å²) in [6, 6.07) is 1.53. The normalized spacial score (nSPS) is 10.5. The van der Waals surface area contributed by atoms with E-state index in [0.717, 1.165) is 0 Å². The van der Waals surface area contributed by atoms with Crippen LogP contribution in [0.4, 0.5) is 10.5 Å². The van der Waals surface area contributed by atoms with Gasteiger partial charge in [-0.05, 0) is 42.8 Å². The molecule has 0 unspecified atom stereocenters. The second-order valence-corrected chi connectivity index (χ2v) is 5.53. The molecule has 0 atom stereocenters. The summed E-state index contributed by atoms with van der Waals surface area (Å²) in [7, 11) is 1.60. The van der Waals surface area contributed by atoms with Gasteiger partial charge < -0.3 is 9.30 Å². The summed E-state index contributed by atoms with van der Waals surface area (Å²) < 4.78 is 7.13. The summed E-state index contributed by atoms with van der Waals surface area (Å²) in [5.41, 5.74) is -0.711. The van der Waals surface area contributed by atoms with E-state index in [1.54, 1.807) is 34.0 Å². The number of rotatable bonds is 1. The number of pyridine rings is 1. The number of halogens is 1. The first-order valence-corrected chi connectivity index (χ1v) is 5.84. The minimum absolute atomic E-state index is 0. The molecule has 1 aromatic heterocycles. The molecule has 0 fully saturated rings. The average Bonchev–Trinajstić information content (AvgIpc) is 2.10. The van der Waals surface area contributed by atoms with Crippen molar-refractivity contribution in [2.75, 3.05) is 5.32 Å². The Bertz CT molecular complexity index is 489. The van der Waals surface area contributed by atoms with Crippen LogP contribution in [0.2, 0.25) is 0 Å². The number of hydrogen-bond acceptors (Lipinski definition) is 3. The van der Waals surface area contributed by atoms with Crippen molar-refractivity contribution in [2.45, 2.75) is 33.8 Å². The minimum Gasteiger partial charge on any atom is -0.444 e. The molecule has 0 saturated carbocycles. The van der Waals surface area contributed by atoms with Gasteiger partial charge in [0.1, 0.15) is 11.3 Å². The van der Waals surface area contributed by atoms with Gasteiger partial charge in [-0.15, -0.1) is 0 Å². The van der Waals surface area contributed by atoms with Crippen LogP contribution in [-0.2, 0) is 11.8 Å². The SMILES string of the molecule is C.Cn1cc(Br)cc(NC(=O)OC(C)(C)C)c1=O. The Balaban J connectivity index is 0.00000289. The molecule has 1 aromatic rings. The molecule has 0 aliphatic carbocycles. The van der Waals surface area contributed by atoms with Gasteiger partial charge in [0.25, 0.3) is 5.56 Å². The third kappa shape index (κ3) is 4.91. The van der Waals surface area contributed by atoms with Gasteiger partial charge in [0.2, 0.25) is 0 Å². The fraction of sp³-hybridized carbons (Fsp3) is 0.500. The lowest BCUT2D eigenvalue weighted by molar-refractivity contribution is 0.0635. The number of carbonyl (C=O) groups is 1. The first-order valence-electron chi connectivity index (χ1n) is 5.05. The summed E-state index contributed by atoms with van der Waals surface area (Å²) in [4.78, 5) is 23.2. The zero-order chi connectivity index (χ0) is 13.2. The molecular formula is C12H19BrN2O3. The number of ether oxygens (including phenoxy) is 1. The second-order valence-electron chi connectivity index (χ2n) is 4.61. The highest BCUT2D eigenvalue weighted by atomic mass is 79.9. The standard InChI is InChI=1S/C11H15BrN2O3.CH4/c1-11(2,3)17-10(16)13-8-5-7(12)6-14(4)9(8)15;/h5-6H,1-4H3,(H,13,16);1H4. The molecule has 1 rings (SSSR count). The van der Waals surface area contributed by atoms with Crippen molar-refractivity contribution in [3.8, 4) is 0 Å². The van der Waals surface area contributed by atoms with Crippen molar-refractivity contribution in [1.29, 1.82) is 0 Å². The molecule has 18 heavy (non-hydrogen) atoms. The molecule has 0 aromatic carbocycles. The van der Waals surface area contributed by atoms with Crippen LogP contribution in [0.1, 0.15) is 28.2 Å². The van der Waals surface area contributed by atoms with E-state index in [4.69, 9.17) is 4.74 Å². The number of carbonyl (C=O) groups excluding carboxylic acids is 1. The summed E-state index contributed by atoms with van der Waals surface area (Å²) in [6.45, 7) is 5.27. The summed E-state index contributed by atoms with van der Waals surface area (Å²) in [5.74, 6) is 0. The monoisotopic (exact) mass is 318 g/mol. The van der Waals surface area contributed by atoms with E-state index in [9.17, 15) is 9.59 Å². The van der Waals surface area contributed by atoms with Crippen LogP contribution >= 0.6 is 15.9 Å². The molecule has 1 amide bonds. The molecule has 102 valence electrons. The highest BCUT2D eigenvalue weighted by molar-refractivity contribution is 9.10. The van der Waals surface area contributed by atoms with E-state index in [2.05, 4.69) is 21.2 Å². The van der Waals surface area contributed by atoms with Crippen LogP contribution in [0.3, 0.4) is 0 Å². The van der Waals surface area contributed by atoms with E-state index in [1.165, 1.54) is 10.6 Å². The van der Waals surface area contributed by atoms with Crippen molar-refractivity contribution in [3.63, 3.8) is 0 Å². The number of anilines is 1. The van der Waals surface area contributed by atoms with Crippen molar-refractivity contribution in [1.82, 2.24) is 4.57 Å². The van der Waals surface area contributed by atoms with Gasteiger partial charge in [0.15, 0.2) is 0 Å². The maximum atomic E-state index is 11.7. The molecule has 5 nitrogen and oxygen atoms in total. The largest absolute Gasteiger partial charge is 0.444 e. The lowest BCUT2D eigenvalue weighted by Crippen LogP contribution is -2.30. The molecule has 1 N–H and O–H groups in total. The fourth-order valence-corrected chi connectivity index (χ4v) is 1.71. The number of nitrogens with one attached hydrogen (secondary N) is 1. The number of nitrogens with zero attached hydrogens (tertiary/aromatic N) is 1. The van der Waals surface area contributed by atoms with Crippen LogP contribution in [0.15, 0.2) is 21.5 Å². The highest BCUT2D eigenvalue weighted by Crippen LogP contribution is 2.13. The van der Waals surface area contributed by atoms with E-state index in [1.807, 2.05) is 0 Å². The maximum absolute atomic E-state index is 11.7. The zero-order valence-electron chi connectivity index (χ0n) is 10.2. The fourth-order valence-electron chi connectivity index (χ4n) is 1.17. The van der Waals surface area contributed by atoms with Crippen molar-refractivity contribution >= 4 is 27.7 Å². The minimum atomic E-state index is -0.646. The molecular weight excluding hydrogens is 300 g/mol. The third-order valence-electron chi connectivity index (χ3n) is 1.79. The Hall–Kier alpha value is -1.30. The molecule has 0 spiro atoms. The van der Waals surface area contributed by atoms with E-state index in [-0.39, 0.29) is 18.7 Å². The van der Waals surface area contributed by atoms with Crippen LogP contribution in [0.25, 0.3) is 0 Å². The lowest BCUT2D eigenvalue weighted by atomic mass is 10.2. The predicted molar refractivity (Wildman–Crippen MR) is 76.0 cm³/mol. The van der Waals surface area contributed by atoms with Gasteiger partial charge in [0, 0.05) is 17.7 Å². The van der Waals surface area contributed by atoms with Crippen LogP contribution in [-0.4, -0.2) is 16.3 Å². The number of amides is 1. The third-order valence-corrected chi connectivity index (χ3v) is 2.22. The van der Waals surface area contributed by atoms with Gasteiger partial charge in [0.05, 0.1) is 0 Å². The van der Waals surface area contributed by atoms with E-state index >= 15 is 0 Å². The first-order chi connectivity index (χ1) is 7.69. The summed E-state index contributed by atoms with van der Waals surface area (Å²) >= 11 is 3.25. The Kier molecular flexibility index (Phi) is 5.60. The Morgan fingerprint density at radius 1 is 1.44 bits per heavy atom. The molecule has 0 aliphatic heterocycles. The number of aryl methyl sites for hydroxylation is 1. The van der Waals surface area contributed by atoms with Gasteiger partial charge in [-0.25, -0.2) is 4.79 Å². The smallest absolute Gasteiger partial charge is 0.412 e. The van der Waals surface area contributed by atoms with Gasteiger partial charge in [-0.2, -0.15) is 0 Å². The molecule has 1 heterocycles. The Labute approximate surface area is 115 Å². The molecule has 0 saturated heterocycles. The van der Waals surface area contributed by atoms with Crippen molar-refractivity contribution in [3.05, 3.63) is 27.1 Å². The van der Waals surface area contributed by atoms with Gasteiger partial charge in [-0.3, -0.25) is 10.1 Å². The van der Waals surface area contributed by atoms with E-state index < -0.39 is 11.7 Å².